The second-order valence-corrected chi connectivity index (χ2v) is 18.3. The van der Waals surface area contributed by atoms with Crippen molar-refractivity contribution < 1.29 is 80.5 Å². The van der Waals surface area contributed by atoms with E-state index in [0.717, 1.165) is 29.0 Å². The van der Waals surface area contributed by atoms with Gasteiger partial charge in [0.15, 0.2) is 17.7 Å². The van der Waals surface area contributed by atoms with Crippen molar-refractivity contribution >= 4 is 69.1 Å². The van der Waals surface area contributed by atoms with Crippen molar-refractivity contribution in [3.05, 3.63) is 12.7 Å². The zero-order valence-corrected chi connectivity index (χ0v) is 33.3. The van der Waals surface area contributed by atoms with E-state index >= 15 is 0 Å². The van der Waals surface area contributed by atoms with Crippen molar-refractivity contribution in [2.24, 2.45) is 17.1 Å². The molecule has 0 spiro atoms. The van der Waals surface area contributed by atoms with Gasteiger partial charge in [0.25, 0.3) is 0 Å². The molecular formula is C26H45N8O17P3S. The second-order valence-electron chi connectivity index (χ2n) is 13.0. The lowest BCUT2D eigenvalue weighted by molar-refractivity contribution is -0.137. The predicted molar refractivity (Wildman–Crippen MR) is 190 cm³/mol. The van der Waals surface area contributed by atoms with E-state index in [1.807, 2.05) is 13.8 Å². The molecule has 55 heavy (non-hydrogen) atoms. The molecule has 2 aromatic rings. The number of imidazole rings is 1. The van der Waals surface area contributed by atoms with Gasteiger partial charge in [0.2, 0.25) is 16.9 Å². The molecule has 1 aliphatic rings. The number of hydrogen-bond donors (Lipinski definition) is 10. The summed E-state index contributed by atoms with van der Waals surface area (Å²) in [5.41, 5.74) is 10.0. The second kappa shape index (κ2) is 19.3. The summed E-state index contributed by atoms with van der Waals surface area (Å²) in [4.78, 5) is 87.4. The summed E-state index contributed by atoms with van der Waals surface area (Å²) >= 11 is 0.982. The summed E-state index contributed by atoms with van der Waals surface area (Å²) in [6, 6.07) is -0.627. The first-order valence-corrected chi connectivity index (χ1v) is 21.7. The van der Waals surface area contributed by atoms with Crippen LogP contribution in [0.2, 0.25) is 0 Å². The normalized spacial score (nSPS) is 22.5. The summed E-state index contributed by atoms with van der Waals surface area (Å²) in [5, 5.41) is 26.1. The van der Waals surface area contributed by atoms with Gasteiger partial charge in [-0.1, -0.05) is 39.5 Å². The molecule has 0 bridgehead atoms. The molecule has 2 aromatic heterocycles. The molecule has 29 heteroatoms. The van der Waals surface area contributed by atoms with Crippen LogP contribution in [0.5, 0.6) is 0 Å². The third-order valence-corrected chi connectivity index (χ3v) is 11.8. The summed E-state index contributed by atoms with van der Waals surface area (Å²) < 4.78 is 62.0. The van der Waals surface area contributed by atoms with Crippen LogP contribution in [0.3, 0.4) is 0 Å². The van der Waals surface area contributed by atoms with Gasteiger partial charge in [-0.2, -0.15) is 4.31 Å². The van der Waals surface area contributed by atoms with E-state index in [9.17, 15) is 57.9 Å². The van der Waals surface area contributed by atoms with Gasteiger partial charge < -0.3 is 56.6 Å². The number of nitrogens with zero attached hydrogens (tertiary/aromatic N) is 4. The first-order chi connectivity index (χ1) is 25.3. The highest BCUT2D eigenvalue weighted by Gasteiger charge is 2.50. The third-order valence-electron chi connectivity index (χ3n) is 7.74. The van der Waals surface area contributed by atoms with E-state index in [1.54, 1.807) is 0 Å². The quantitative estimate of drug-likeness (QED) is 0.0512. The van der Waals surface area contributed by atoms with E-state index in [-0.39, 0.29) is 53.3 Å². The lowest BCUT2D eigenvalue weighted by atomic mass is 9.87. The Kier molecular flexibility index (Phi) is 16.5. The molecule has 1 aliphatic heterocycles. The van der Waals surface area contributed by atoms with Crippen LogP contribution in [-0.4, -0.2) is 129 Å². The van der Waals surface area contributed by atoms with Crippen molar-refractivity contribution in [3.8, 4) is 0 Å². The molecule has 0 aliphatic carbocycles. The number of ether oxygens (including phenoxy) is 1. The van der Waals surface area contributed by atoms with Gasteiger partial charge in [-0.25, -0.2) is 28.6 Å². The molecule has 25 nitrogen and oxygen atoms in total. The Morgan fingerprint density at radius 2 is 1.71 bits per heavy atom. The van der Waals surface area contributed by atoms with Crippen LogP contribution in [-0.2, 0) is 50.7 Å². The number of carbonyl (C=O) groups excluding carboxylic acids is 3. The topological polar surface area (TPSA) is 390 Å². The molecule has 1 fully saturated rings. The Labute approximate surface area is 317 Å². The van der Waals surface area contributed by atoms with Gasteiger partial charge in [0.1, 0.15) is 36.3 Å². The molecule has 3 rings (SSSR count). The number of phosphoric ester groups is 3. The van der Waals surface area contributed by atoms with Crippen LogP contribution in [0.4, 0.5) is 5.82 Å². The van der Waals surface area contributed by atoms with Crippen molar-refractivity contribution in [2.75, 3.05) is 37.8 Å². The number of aliphatic hydroxyl groups excluding tert-OH is 2. The number of aromatic nitrogens is 4. The van der Waals surface area contributed by atoms with E-state index in [1.165, 1.54) is 13.8 Å². The summed E-state index contributed by atoms with van der Waals surface area (Å²) in [6.07, 6.45) is -6.95. The molecule has 7 unspecified atom stereocenters. The minimum absolute atomic E-state index is 0.0282. The first-order valence-electron chi connectivity index (χ1n) is 16.2. The van der Waals surface area contributed by atoms with E-state index in [4.69, 9.17) is 25.3 Å². The zero-order chi connectivity index (χ0) is 41.5. The average Bonchev–Trinajstić information content (AvgIpc) is 3.64. The number of nitrogens with two attached hydrogens (primary N) is 2. The van der Waals surface area contributed by atoms with Crippen molar-refractivity contribution in [1.29, 1.82) is 0 Å². The molecule has 12 N–H and O–H groups in total. The maximum absolute atomic E-state index is 12.7. The molecule has 1 saturated heterocycles. The highest BCUT2D eigenvalue weighted by Crippen LogP contribution is 2.61. The Hall–Kier alpha value is -2.48. The number of carbonyl (C=O) groups is 3. The van der Waals surface area contributed by atoms with E-state index in [2.05, 4.69) is 34.4 Å². The smallest absolute Gasteiger partial charge is 0.386 e. The zero-order valence-electron chi connectivity index (χ0n) is 29.8. The van der Waals surface area contributed by atoms with Crippen LogP contribution in [0.1, 0.15) is 40.3 Å². The SMILES string of the molecule is CC(C)[C@H](N)C(=O)SCCNC(=O)CCNC(=O)C(O)C(C)(C)COP(=O)(O)OP(=O)(O)OCC1OC(n2cnc3c(N)ncnc32)C(O)C1OP(=O)(O)O. The third kappa shape index (κ3) is 13.8. The summed E-state index contributed by atoms with van der Waals surface area (Å²) in [5.74, 6) is -1.24. The Balaban J connectivity index is 1.50. The molecular weight excluding hydrogens is 821 g/mol. The highest BCUT2D eigenvalue weighted by molar-refractivity contribution is 8.13. The van der Waals surface area contributed by atoms with E-state index in [0.29, 0.717) is 0 Å². The molecule has 8 atom stereocenters. The number of amides is 2. The average molecular weight is 867 g/mol. The molecule has 2 amide bonds. The van der Waals surface area contributed by atoms with Crippen molar-refractivity contribution in [2.45, 2.75) is 70.8 Å². The Morgan fingerprint density at radius 3 is 2.35 bits per heavy atom. The number of hydrogen-bond acceptors (Lipinski definition) is 19. The molecule has 0 radical (unpaired) electrons. The standard InChI is InChI=1S/C26H45N8O17P3S/c1-13(2)16(27)25(39)55-8-7-29-15(35)5-6-30-23(38)20(37)26(3,4)10-48-54(45,46)51-53(43,44)47-9-14-19(50-52(40,41)42)18(36)24(49-14)34-12-33-17-21(28)31-11-32-22(17)34/h11-14,16,18-20,24,36-37H,5-10,27H2,1-4H3,(H,29,35)(H,30,38)(H,43,44)(H,45,46)(H2,28,31,32)(H2,40,41,42)/t14?,16-,18?,19?,20?,24?/m0/s1. The minimum Gasteiger partial charge on any atom is -0.386 e. The fourth-order valence-electron chi connectivity index (χ4n) is 4.65. The number of phosphoric acid groups is 3. The number of aliphatic hydroxyl groups is 2. The van der Waals surface area contributed by atoms with Gasteiger partial charge in [-0.05, 0) is 5.92 Å². The first kappa shape index (κ1) is 46.9. The number of anilines is 1. The highest BCUT2D eigenvalue weighted by atomic mass is 32.2. The van der Waals surface area contributed by atoms with Gasteiger partial charge >= 0.3 is 23.5 Å². The number of fused-ring (bicyclic) bond motifs is 1. The van der Waals surface area contributed by atoms with Crippen LogP contribution < -0.4 is 22.1 Å². The van der Waals surface area contributed by atoms with E-state index < -0.39 is 90.6 Å². The number of thioether (sulfide) groups is 1. The summed E-state index contributed by atoms with van der Waals surface area (Å²) in [7, 11) is -16.4. The predicted octanol–water partition coefficient (Wildman–Crippen LogP) is -1.35. The van der Waals surface area contributed by atoms with Crippen LogP contribution in [0.25, 0.3) is 11.2 Å². The fourth-order valence-corrected chi connectivity index (χ4v) is 8.35. The van der Waals surface area contributed by atoms with Crippen LogP contribution in [0, 0.1) is 11.3 Å². The van der Waals surface area contributed by atoms with Gasteiger partial charge in [0.05, 0.1) is 25.6 Å². The largest absolute Gasteiger partial charge is 0.481 e. The number of rotatable bonds is 21. The van der Waals surface area contributed by atoms with Crippen LogP contribution in [0.15, 0.2) is 12.7 Å². The maximum atomic E-state index is 12.7. The number of nitrogens with one attached hydrogen (secondary N) is 2. The van der Waals surface area contributed by atoms with Gasteiger partial charge in [-0.15, -0.1) is 0 Å². The molecule has 312 valence electrons. The monoisotopic (exact) mass is 866 g/mol. The Bertz CT molecular complexity index is 1820. The maximum Gasteiger partial charge on any atom is 0.481 e. The Morgan fingerprint density at radius 1 is 1.05 bits per heavy atom. The summed E-state index contributed by atoms with van der Waals surface area (Å²) in [6.45, 7) is 4.03. The lowest BCUT2D eigenvalue weighted by Crippen LogP contribution is -2.46. The van der Waals surface area contributed by atoms with Gasteiger partial charge in [-0.3, -0.25) is 32.5 Å². The van der Waals surface area contributed by atoms with Crippen molar-refractivity contribution in [1.82, 2.24) is 30.2 Å². The minimum atomic E-state index is -5.57. The molecule has 0 aromatic carbocycles. The lowest BCUT2D eigenvalue weighted by Gasteiger charge is -2.30. The fraction of sp³-hybridized carbons (Fsp3) is 0.692. The molecule has 0 saturated carbocycles. The van der Waals surface area contributed by atoms with Gasteiger partial charge in [0, 0.05) is 30.7 Å². The molecule has 3 heterocycles. The van der Waals surface area contributed by atoms with Crippen molar-refractivity contribution in [3.63, 3.8) is 0 Å². The van der Waals surface area contributed by atoms with Crippen LogP contribution >= 0.6 is 35.2 Å². The number of nitrogen functional groups attached to an aromatic ring is 1.